The molecule has 4 heteroatoms. The molecule has 0 aliphatic rings. The van der Waals surface area contributed by atoms with Gasteiger partial charge in [-0.1, -0.05) is 6.07 Å². The fraction of sp³-hybridized carbons (Fsp3) is 0.462. The van der Waals surface area contributed by atoms with Crippen molar-refractivity contribution in [3.63, 3.8) is 0 Å². The number of nitrogens with zero attached hydrogens (tertiary/aromatic N) is 1. The van der Waals surface area contributed by atoms with Gasteiger partial charge >= 0.3 is 0 Å². The molecule has 3 N–H and O–H groups in total. The number of β-amino-alcohol motifs (C(OH)–C–C–N with tert-alkyl or cyclic N) is 1. The summed E-state index contributed by atoms with van der Waals surface area (Å²) in [5.74, 6) is 0. The van der Waals surface area contributed by atoms with Crippen LogP contribution in [0.3, 0.4) is 0 Å². The molecule has 1 unspecified atom stereocenters. The van der Waals surface area contributed by atoms with Crippen LogP contribution in [0.5, 0.6) is 0 Å². The average molecular weight is 233 g/mol. The summed E-state index contributed by atoms with van der Waals surface area (Å²) in [4.78, 5) is 7.22. The minimum Gasteiger partial charge on any atom is -0.387 e. The maximum Gasteiger partial charge on any atom is 0.0931 e. The van der Waals surface area contributed by atoms with Gasteiger partial charge in [-0.3, -0.25) is 0 Å². The van der Waals surface area contributed by atoms with Crippen molar-refractivity contribution in [2.75, 3.05) is 6.54 Å². The highest BCUT2D eigenvalue weighted by Gasteiger charge is 2.14. The zero-order valence-corrected chi connectivity index (χ0v) is 10.5. The Labute approximate surface area is 101 Å². The molecule has 0 aliphatic heterocycles. The van der Waals surface area contributed by atoms with Crippen LogP contribution in [-0.4, -0.2) is 27.2 Å². The predicted octanol–water partition coefficient (Wildman–Crippen LogP) is 1.98. The van der Waals surface area contributed by atoms with Crippen molar-refractivity contribution in [1.82, 2.24) is 15.3 Å². The molecule has 2 aromatic rings. The third kappa shape index (κ3) is 3.05. The van der Waals surface area contributed by atoms with Gasteiger partial charge in [0.1, 0.15) is 0 Å². The molecule has 0 spiro atoms. The summed E-state index contributed by atoms with van der Waals surface area (Å²) in [5, 5.41) is 13.4. The number of aliphatic hydroxyl groups excluding tert-OH is 1. The molecule has 0 fully saturated rings. The van der Waals surface area contributed by atoms with Crippen molar-refractivity contribution in [3.05, 3.63) is 30.1 Å². The molecule has 17 heavy (non-hydrogen) atoms. The number of rotatable bonds is 3. The predicted molar refractivity (Wildman–Crippen MR) is 68.8 cm³/mol. The number of hydrogen-bond acceptors (Lipinski definition) is 3. The zero-order valence-electron chi connectivity index (χ0n) is 10.5. The van der Waals surface area contributed by atoms with Crippen LogP contribution in [0.2, 0.25) is 0 Å². The average Bonchev–Trinajstić information content (AvgIpc) is 2.71. The Bertz CT molecular complexity index is 499. The van der Waals surface area contributed by atoms with E-state index in [-0.39, 0.29) is 5.54 Å². The third-order valence-electron chi connectivity index (χ3n) is 2.66. The second kappa shape index (κ2) is 4.47. The molecule has 1 aromatic carbocycles. The van der Waals surface area contributed by atoms with Crippen molar-refractivity contribution in [2.24, 2.45) is 0 Å². The lowest BCUT2D eigenvalue weighted by Gasteiger charge is -2.23. The van der Waals surface area contributed by atoms with Crippen molar-refractivity contribution in [2.45, 2.75) is 32.4 Å². The summed E-state index contributed by atoms with van der Waals surface area (Å²) >= 11 is 0. The Balaban J connectivity index is 2.10. The first-order valence-electron chi connectivity index (χ1n) is 5.82. The zero-order chi connectivity index (χ0) is 12.5. The van der Waals surface area contributed by atoms with Gasteiger partial charge in [0, 0.05) is 12.1 Å². The number of imidazole rings is 1. The molecule has 1 heterocycles. The first-order chi connectivity index (χ1) is 7.96. The summed E-state index contributed by atoms with van der Waals surface area (Å²) in [6.07, 6.45) is 1.16. The molecule has 0 amide bonds. The van der Waals surface area contributed by atoms with Crippen LogP contribution in [0.15, 0.2) is 24.5 Å². The largest absolute Gasteiger partial charge is 0.387 e. The van der Waals surface area contributed by atoms with Gasteiger partial charge in [0.25, 0.3) is 0 Å². The van der Waals surface area contributed by atoms with E-state index in [0.717, 1.165) is 16.6 Å². The molecule has 4 nitrogen and oxygen atoms in total. The molecule has 92 valence electrons. The maximum atomic E-state index is 10.1. The summed E-state index contributed by atoms with van der Waals surface area (Å²) in [5.41, 5.74) is 2.78. The molecule has 0 saturated heterocycles. The van der Waals surface area contributed by atoms with Gasteiger partial charge in [0.15, 0.2) is 0 Å². The number of hydrogen-bond donors (Lipinski definition) is 3. The Kier molecular flexibility index (Phi) is 3.17. The molecular formula is C13H19N3O. The quantitative estimate of drug-likeness (QED) is 0.759. The lowest BCUT2D eigenvalue weighted by atomic mass is 10.1. The normalized spacial score (nSPS) is 14.1. The highest BCUT2D eigenvalue weighted by atomic mass is 16.3. The van der Waals surface area contributed by atoms with Gasteiger partial charge in [-0.25, -0.2) is 4.98 Å². The number of H-pyrrole nitrogens is 1. The van der Waals surface area contributed by atoms with Gasteiger partial charge in [0.2, 0.25) is 0 Å². The summed E-state index contributed by atoms with van der Waals surface area (Å²) < 4.78 is 0. The van der Waals surface area contributed by atoms with Crippen molar-refractivity contribution in [1.29, 1.82) is 0 Å². The van der Waals surface area contributed by atoms with Crippen molar-refractivity contribution >= 4 is 11.0 Å². The maximum absolute atomic E-state index is 10.1. The number of aliphatic hydroxyl groups is 1. The Morgan fingerprint density at radius 2 is 2.18 bits per heavy atom. The summed E-state index contributed by atoms with van der Waals surface area (Å²) in [6.45, 7) is 6.78. The van der Waals surface area contributed by atoms with Crippen molar-refractivity contribution < 1.29 is 5.11 Å². The van der Waals surface area contributed by atoms with Gasteiger partial charge in [-0.15, -0.1) is 0 Å². The van der Waals surface area contributed by atoms with E-state index < -0.39 is 6.10 Å². The minimum atomic E-state index is -0.504. The van der Waals surface area contributed by atoms with Crippen molar-refractivity contribution in [3.8, 4) is 0 Å². The highest BCUT2D eigenvalue weighted by Crippen LogP contribution is 2.18. The second-order valence-corrected chi connectivity index (χ2v) is 5.33. The molecule has 1 atom stereocenters. The highest BCUT2D eigenvalue weighted by molar-refractivity contribution is 5.75. The van der Waals surface area contributed by atoms with E-state index in [1.54, 1.807) is 6.33 Å². The van der Waals surface area contributed by atoms with E-state index in [2.05, 4.69) is 36.1 Å². The van der Waals surface area contributed by atoms with Crippen LogP contribution in [0.1, 0.15) is 32.4 Å². The first-order valence-corrected chi connectivity index (χ1v) is 5.82. The standard InChI is InChI=1S/C13H19N3O/c1-13(2,3)16-7-12(17)9-4-5-10-11(6-9)15-8-14-10/h4-6,8,12,16-17H,7H2,1-3H3,(H,14,15). The SMILES string of the molecule is CC(C)(C)NCC(O)c1ccc2[nH]cnc2c1. The van der Waals surface area contributed by atoms with Gasteiger partial charge in [-0.05, 0) is 38.5 Å². The van der Waals surface area contributed by atoms with Gasteiger partial charge in [-0.2, -0.15) is 0 Å². The van der Waals surface area contributed by atoms with Crippen LogP contribution in [0.25, 0.3) is 11.0 Å². The minimum absolute atomic E-state index is 0.0113. The Hall–Kier alpha value is -1.39. The van der Waals surface area contributed by atoms with E-state index in [4.69, 9.17) is 0 Å². The molecule has 0 saturated carbocycles. The molecule has 0 radical (unpaired) electrons. The molecule has 1 aromatic heterocycles. The summed E-state index contributed by atoms with van der Waals surface area (Å²) in [7, 11) is 0. The fourth-order valence-electron chi connectivity index (χ4n) is 1.68. The van der Waals surface area contributed by atoms with E-state index in [1.807, 2.05) is 18.2 Å². The number of benzene rings is 1. The Morgan fingerprint density at radius 3 is 2.88 bits per heavy atom. The van der Waals surface area contributed by atoms with Gasteiger partial charge < -0.3 is 15.4 Å². The van der Waals surface area contributed by atoms with E-state index >= 15 is 0 Å². The molecule has 0 bridgehead atoms. The van der Waals surface area contributed by atoms with Crippen LogP contribution in [0, 0.1) is 0 Å². The van der Waals surface area contributed by atoms with E-state index in [0.29, 0.717) is 6.54 Å². The topological polar surface area (TPSA) is 60.9 Å². The first kappa shape index (κ1) is 12.1. The van der Waals surface area contributed by atoms with Gasteiger partial charge in [0.05, 0.1) is 23.5 Å². The van der Waals surface area contributed by atoms with Crippen LogP contribution in [-0.2, 0) is 0 Å². The molecule has 2 rings (SSSR count). The van der Waals surface area contributed by atoms with E-state index in [9.17, 15) is 5.11 Å². The molecule has 0 aliphatic carbocycles. The second-order valence-electron chi connectivity index (χ2n) is 5.33. The monoisotopic (exact) mass is 233 g/mol. The lowest BCUT2D eigenvalue weighted by molar-refractivity contribution is 0.163. The number of aromatic nitrogens is 2. The van der Waals surface area contributed by atoms with Crippen LogP contribution >= 0.6 is 0 Å². The number of fused-ring (bicyclic) bond motifs is 1. The van der Waals surface area contributed by atoms with Crippen LogP contribution < -0.4 is 5.32 Å². The fourth-order valence-corrected chi connectivity index (χ4v) is 1.68. The Morgan fingerprint density at radius 1 is 1.41 bits per heavy atom. The third-order valence-corrected chi connectivity index (χ3v) is 2.66. The smallest absolute Gasteiger partial charge is 0.0931 e. The lowest BCUT2D eigenvalue weighted by Crippen LogP contribution is -2.38. The summed E-state index contributed by atoms with van der Waals surface area (Å²) in [6, 6.07) is 5.79. The molecular weight excluding hydrogens is 214 g/mol. The number of nitrogens with one attached hydrogen (secondary N) is 2. The van der Waals surface area contributed by atoms with Crippen LogP contribution in [0.4, 0.5) is 0 Å². The number of aromatic amines is 1. The van der Waals surface area contributed by atoms with E-state index in [1.165, 1.54) is 0 Å².